The topological polar surface area (TPSA) is 54.5 Å². The number of piperidine rings is 1. The summed E-state index contributed by atoms with van der Waals surface area (Å²) < 4.78 is 45.0. The second-order valence-electron chi connectivity index (χ2n) is 9.12. The highest BCUT2D eigenvalue weighted by Gasteiger charge is 2.38. The maximum absolute atomic E-state index is 13.2. The number of carbonyl (C=O) groups excluding carboxylic acids is 1. The summed E-state index contributed by atoms with van der Waals surface area (Å²) in [5.41, 5.74) is 0.373. The van der Waals surface area contributed by atoms with E-state index in [0.717, 1.165) is 25.6 Å². The van der Waals surface area contributed by atoms with Gasteiger partial charge in [-0.05, 0) is 64.0 Å². The number of amides is 1. The molecule has 1 amide bonds. The van der Waals surface area contributed by atoms with Crippen molar-refractivity contribution in [1.29, 1.82) is 0 Å². The van der Waals surface area contributed by atoms with Gasteiger partial charge in [-0.3, -0.25) is 4.79 Å². The molecule has 8 heteroatoms. The number of aryl methyl sites for hydroxylation is 1. The van der Waals surface area contributed by atoms with Crippen molar-refractivity contribution in [2.45, 2.75) is 45.3 Å². The first-order chi connectivity index (χ1) is 15.0. The fourth-order valence-electron chi connectivity index (χ4n) is 4.01. The fraction of sp³-hybridized carbons (Fsp3) is 0.500. The molecule has 1 aromatic carbocycles. The van der Waals surface area contributed by atoms with Gasteiger partial charge < -0.3 is 15.0 Å². The van der Waals surface area contributed by atoms with Crippen LogP contribution >= 0.6 is 0 Å². The summed E-state index contributed by atoms with van der Waals surface area (Å²) in [6.45, 7) is 6.83. The van der Waals surface area contributed by atoms with Crippen LogP contribution in [0.25, 0.3) is 0 Å². The molecular weight excluding hydrogens is 419 g/mol. The molecule has 174 valence electrons. The Morgan fingerprint density at radius 2 is 1.94 bits per heavy atom. The Bertz CT molecular complexity index is 946. The molecule has 1 N–H and O–H groups in total. The Labute approximate surface area is 187 Å². The second-order valence-corrected chi connectivity index (χ2v) is 9.12. The molecular formula is C24H30F3N3O2. The van der Waals surface area contributed by atoms with E-state index in [4.69, 9.17) is 4.74 Å². The molecule has 1 aromatic heterocycles. The minimum Gasteiger partial charge on any atom is -0.476 e. The van der Waals surface area contributed by atoms with Crippen LogP contribution in [0, 0.1) is 12.3 Å². The van der Waals surface area contributed by atoms with E-state index in [0.29, 0.717) is 0 Å². The van der Waals surface area contributed by atoms with Gasteiger partial charge in [-0.2, -0.15) is 13.2 Å². The van der Waals surface area contributed by atoms with Gasteiger partial charge in [0.15, 0.2) is 0 Å². The number of aromatic nitrogens is 1. The molecule has 1 aliphatic heterocycles. The first-order valence-electron chi connectivity index (χ1n) is 10.7. The van der Waals surface area contributed by atoms with Crippen LogP contribution in [0.1, 0.15) is 42.9 Å². The lowest BCUT2D eigenvalue weighted by atomic mass is 9.83. The summed E-state index contributed by atoms with van der Waals surface area (Å²) in [4.78, 5) is 19.1. The molecule has 1 aliphatic rings. The number of hydrogen-bond acceptors (Lipinski definition) is 4. The van der Waals surface area contributed by atoms with Crippen molar-refractivity contribution >= 4 is 5.91 Å². The molecule has 0 aliphatic carbocycles. The Balaban J connectivity index is 1.72. The van der Waals surface area contributed by atoms with E-state index in [1.807, 2.05) is 12.1 Å². The molecule has 2 aromatic rings. The number of rotatable bonds is 6. The molecule has 32 heavy (non-hydrogen) atoms. The molecule has 0 saturated carbocycles. The van der Waals surface area contributed by atoms with Gasteiger partial charge in [0, 0.05) is 24.7 Å². The first-order valence-corrected chi connectivity index (χ1v) is 10.7. The molecule has 0 unspecified atom stereocenters. The third-order valence-corrected chi connectivity index (χ3v) is 5.98. The number of ether oxygens (including phenoxy) is 1. The fourth-order valence-corrected chi connectivity index (χ4v) is 4.01. The smallest absolute Gasteiger partial charge is 0.421 e. The van der Waals surface area contributed by atoms with Gasteiger partial charge in [0.1, 0.15) is 12.2 Å². The molecule has 1 fully saturated rings. The molecule has 5 nitrogen and oxygen atoms in total. The van der Waals surface area contributed by atoms with E-state index < -0.39 is 23.0 Å². The highest BCUT2D eigenvalue weighted by molar-refractivity contribution is 5.82. The summed E-state index contributed by atoms with van der Waals surface area (Å²) in [6.07, 6.45) is -2.55. The van der Waals surface area contributed by atoms with E-state index in [-0.39, 0.29) is 24.5 Å². The van der Waals surface area contributed by atoms with Crippen molar-refractivity contribution in [3.63, 3.8) is 0 Å². The summed E-state index contributed by atoms with van der Waals surface area (Å²) in [5, 5.41) is 3.15. The summed E-state index contributed by atoms with van der Waals surface area (Å²) in [5.74, 6) is -0.642. The normalized spacial score (nSPS) is 20.1. The summed E-state index contributed by atoms with van der Waals surface area (Å²) >= 11 is 0. The minimum atomic E-state index is -4.58. The lowest BCUT2D eigenvalue weighted by Gasteiger charge is -2.39. The standard InChI is InChI=1S/C24H30F3N3O2/c1-16-8-5-6-9-17(16)18-14-30(4)13-11-20(18)29-22(31)23(2,3)15-32-21-19(24(25,26)27)10-7-12-28-21/h5-10,12,18,20H,11,13-15H2,1-4H3,(H,29,31)/t18-,20+/m0/s1. The van der Waals surface area contributed by atoms with Crippen LogP contribution < -0.4 is 10.1 Å². The Kier molecular flexibility index (Phi) is 7.12. The number of likely N-dealkylation sites (N-methyl/N-ethyl adjacent to an activating group) is 1. The van der Waals surface area contributed by atoms with Gasteiger partial charge in [0.2, 0.25) is 11.8 Å². The number of benzene rings is 1. The minimum absolute atomic E-state index is 0.0698. The zero-order valence-electron chi connectivity index (χ0n) is 18.9. The first kappa shape index (κ1) is 24.0. The molecule has 0 spiro atoms. The highest BCUT2D eigenvalue weighted by Crippen LogP contribution is 2.35. The van der Waals surface area contributed by atoms with Gasteiger partial charge in [0.25, 0.3) is 0 Å². The number of nitrogens with one attached hydrogen (secondary N) is 1. The van der Waals surface area contributed by atoms with E-state index >= 15 is 0 Å². The van der Waals surface area contributed by atoms with Crippen LogP contribution in [-0.4, -0.2) is 48.6 Å². The van der Waals surface area contributed by atoms with Gasteiger partial charge >= 0.3 is 6.18 Å². The molecule has 1 saturated heterocycles. The van der Waals surface area contributed by atoms with Crippen LogP contribution in [-0.2, 0) is 11.0 Å². The van der Waals surface area contributed by atoms with Gasteiger partial charge in [-0.1, -0.05) is 24.3 Å². The van der Waals surface area contributed by atoms with Gasteiger partial charge in [0.05, 0.1) is 5.41 Å². The molecule has 2 atom stereocenters. The lowest BCUT2D eigenvalue weighted by Crippen LogP contribution is -2.52. The summed E-state index contributed by atoms with van der Waals surface area (Å²) in [6, 6.07) is 10.2. The predicted molar refractivity (Wildman–Crippen MR) is 116 cm³/mol. The number of alkyl halides is 3. The quantitative estimate of drug-likeness (QED) is 0.710. The van der Waals surface area contributed by atoms with Crippen LogP contribution in [0.5, 0.6) is 5.88 Å². The Hall–Kier alpha value is -2.61. The van der Waals surface area contributed by atoms with Crippen molar-refractivity contribution in [3.8, 4) is 5.88 Å². The van der Waals surface area contributed by atoms with E-state index in [2.05, 4.69) is 41.3 Å². The largest absolute Gasteiger partial charge is 0.476 e. The average Bonchev–Trinajstić information content (AvgIpc) is 2.73. The van der Waals surface area contributed by atoms with Crippen molar-refractivity contribution in [2.24, 2.45) is 5.41 Å². The van der Waals surface area contributed by atoms with Crippen molar-refractivity contribution in [1.82, 2.24) is 15.2 Å². The molecule has 0 bridgehead atoms. The zero-order chi connectivity index (χ0) is 23.5. The van der Waals surface area contributed by atoms with E-state index in [1.54, 1.807) is 13.8 Å². The monoisotopic (exact) mass is 449 g/mol. The number of nitrogens with zero attached hydrogens (tertiary/aromatic N) is 2. The summed E-state index contributed by atoms with van der Waals surface area (Å²) in [7, 11) is 2.06. The third kappa shape index (κ3) is 5.59. The third-order valence-electron chi connectivity index (χ3n) is 5.98. The second kappa shape index (κ2) is 9.48. The lowest BCUT2D eigenvalue weighted by molar-refractivity contribution is -0.139. The van der Waals surface area contributed by atoms with Crippen molar-refractivity contribution in [2.75, 3.05) is 26.7 Å². The van der Waals surface area contributed by atoms with Crippen LogP contribution in [0.15, 0.2) is 42.6 Å². The Morgan fingerprint density at radius 1 is 1.22 bits per heavy atom. The van der Waals surface area contributed by atoms with Crippen molar-refractivity contribution in [3.05, 3.63) is 59.3 Å². The number of likely N-dealkylation sites (tertiary alicyclic amines) is 1. The van der Waals surface area contributed by atoms with Crippen LogP contribution in [0.3, 0.4) is 0 Å². The molecule has 0 radical (unpaired) electrons. The highest BCUT2D eigenvalue weighted by atomic mass is 19.4. The number of hydrogen-bond donors (Lipinski definition) is 1. The van der Waals surface area contributed by atoms with E-state index in [1.165, 1.54) is 23.4 Å². The molecule has 2 heterocycles. The predicted octanol–water partition coefficient (Wildman–Crippen LogP) is 4.42. The van der Waals surface area contributed by atoms with Crippen LogP contribution in [0.4, 0.5) is 13.2 Å². The average molecular weight is 450 g/mol. The van der Waals surface area contributed by atoms with Crippen molar-refractivity contribution < 1.29 is 22.7 Å². The number of halogens is 3. The number of carbonyl (C=O) groups is 1. The zero-order valence-corrected chi connectivity index (χ0v) is 18.9. The molecule has 3 rings (SSSR count). The van der Waals surface area contributed by atoms with E-state index in [9.17, 15) is 18.0 Å². The number of pyridine rings is 1. The van der Waals surface area contributed by atoms with Gasteiger partial charge in [-0.15, -0.1) is 0 Å². The Morgan fingerprint density at radius 3 is 2.62 bits per heavy atom. The maximum Gasteiger partial charge on any atom is 0.421 e. The van der Waals surface area contributed by atoms with Crippen LogP contribution in [0.2, 0.25) is 0 Å². The van der Waals surface area contributed by atoms with Gasteiger partial charge in [-0.25, -0.2) is 4.98 Å². The maximum atomic E-state index is 13.2. The SMILES string of the molecule is Cc1ccccc1[C@@H]1CN(C)CC[C@H]1NC(=O)C(C)(C)COc1ncccc1C(F)(F)F.